The van der Waals surface area contributed by atoms with Gasteiger partial charge in [-0.15, -0.1) is 0 Å². The van der Waals surface area contributed by atoms with Gasteiger partial charge < -0.3 is 10.2 Å². The van der Waals surface area contributed by atoms with Crippen LogP contribution in [0, 0.1) is 6.92 Å². The molecule has 0 bridgehead atoms. The normalized spacial score (nSPS) is 18.9. The molecule has 1 amide bonds. The van der Waals surface area contributed by atoms with Crippen LogP contribution in [0.5, 0.6) is 0 Å². The third-order valence-corrected chi connectivity index (χ3v) is 3.98. The van der Waals surface area contributed by atoms with Crippen molar-refractivity contribution in [2.75, 3.05) is 19.6 Å². The molecule has 3 nitrogen and oxygen atoms in total. The van der Waals surface area contributed by atoms with Crippen molar-refractivity contribution < 1.29 is 4.79 Å². The second kappa shape index (κ2) is 5.72. The summed E-state index contributed by atoms with van der Waals surface area (Å²) in [5.41, 5.74) is 1.59. The highest BCUT2D eigenvalue weighted by molar-refractivity contribution is 6.31. The molecule has 0 aromatic heterocycles. The Morgan fingerprint density at radius 1 is 1.56 bits per heavy atom. The van der Waals surface area contributed by atoms with E-state index < -0.39 is 0 Å². The topological polar surface area (TPSA) is 32.3 Å². The zero-order valence-electron chi connectivity index (χ0n) is 10.9. The SMILES string of the molecule is CCN(C(=O)c1cccc(Cl)c1C)C1CCNC1. The zero-order chi connectivity index (χ0) is 13.1. The first kappa shape index (κ1) is 13.4. The van der Waals surface area contributed by atoms with Gasteiger partial charge >= 0.3 is 0 Å². The number of amides is 1. The highest BCUT2D eigenvalue weighted by Gasteiger charge is 2.26. The van der Waals surface area contributed by atoms with E-state index in [2.05, 4.69) is 5.32 Å². The van der Waals surface area contributed by atoms with Crippen LogP contribution in [0.15, 0.2) is 18.2 Å². The molecule has 1 N–H and O–H groups in total. The maximum Gasteiger partial charge on any atom is 0.254 e. The van der Waals surface area contributed by atoms with Crippen molar-refractivity contribution in [1.29, 1.82) is 0 Å². The van der Waals surface area contributed by atoms with Gasteiger partial charge in [-0.25, -0.2) is 0 Å². The van der Waals surface area contributed by atoms with Crippen LogP contribution >= 0.6 is 11.6 Å². The van der Waals surface area contributed by atoms with E-state index in [9.17, 15) is 4.79 Å². The minimum Gasteiger partial charge on any atom is -0.335 e. The van der Waals surface area contributed by atoms with Crippen LogP contribution in [0.3, 0.4) is 0 Å². The van der Waals surface area contributed by atoms with Crippen LogP contribution in [0.2, 0.25) is 5.02 Å². The minimum atomic E-state index is 0.0891. The summed E-state index contributed by atoms with van der Waals surface area (Å²) >= 11 is 6.08. The number of halogens is 1. The smallest absolute Gasteiger partial charge is 0.254 e. The lowest BCUT2D eigenvalue weighted by atomic mass is 10.1. The van der Waals surface area contributed by atoms with Crippen LogP contribution < -0.4 is 5.32 Å². The first-order chi connectivity index (χ1) is 8.65. The number of nitrogens with one attached hydrogen (secondary N) is 1. The van der Waals surface area contributed by atoms with E-state index in [-0.39, 0.29) is 5.91 Å². The highest BCUT2D eigenvalue weighted by atomic mass is 35.5. The van der Waals surface area contributed by atoms with E-state index in [1.807, 2.05) is 36.9 Å². The molecule has 1 aromatic carbocycles. The molecule has 1 fully saturated rings. The largest absolute Gasteiger partial charge is 0.335 e. The highest BCUT2D eigenvalue weighted by Crippen LogP contribution is 2.21. The van der Waals surface area contributed by atoms with E-state index in [0.717, 1.165) is 37.2 Å². The molecule has 18 heavy (non-hydrogen) atoms. The van der Waals surface area contributed by atoms with Gasteiger partial charge in [0.1, 0.15) is 0 Å². The molecule has 1 saturated heterocycles. The van der Waals surface area contributed by atoms with E-state index in [1.165, 1.54) is 0 Å². The van der Waals surface area contributed by atoms with Crippen molar-refractivity contribution in [3.8, 4) is 0 Å². The van der Waals surface area contributed by atoms with E-state index in [0.29, 0.717) is 11.1 Å². The van der Waals surface area contributed by atoms with Gasteiger partial charge in [0.15, 0.2) is 0 Å². The van der Waals surface area contributed by atoms with E-state index in [4.69, 9.17) is 11.6 Å². The van der Waals surface area contributed by atoms with Crippen LogP contribution in [-0.2, 0) is 0 Å². The van der Waals surface area contributed by atoms with Gasteiger partial charge in [-0.05, 0) is 44.5 Å². The molecule has 2 rings (SSSR count). The molecule has 4 heteroatoms. The Labute approximate surface area is 113 Å². The molecular weight excluding hydrogens is 248 g/mol. The second-order valence-electron chi connectivity index (χ2n) is 4.65. The van der Waals surface area contributed by atoms with Crippen molar-refractivity contribution in [1.82, 2.24) is 10.2 Å². The lowest BCUT2D eigenvalue weighted by Crippen LogP contribution is -2.41. The van der Waals surface area contributed by atoms with Crippen LogP contribution in [-0.4, -0.2) is 36.5 Å². The monoisotopic (exact) mass is 266 g/mol. The maximum absolute atomic E-state index is 12.6. The summed E-state index contributed by atoms with van der Waals surface area (Å²) < 4.78 is 0. The standard InChI is InChI=1S/C14H19ClN2O/c1-3-17(11-7-8-16-9-11)14(18)12-5-4-6-13(15)10(12)2/h4-6,11,16H,3,7-9H2,1-2H3. The Bertz CT molecular complexity index is 441. The van der Waals surface area contributed by atoms with Crippen molar-refractivity contribution >= 4 is 17.5 Å². The Morgan fingerprint density at radius 2 is 2.33 bits per heavy atom. The first-order valence-corrected chi connectivity index (χ1v) is 6.79. The lowest BCUT2D eigenvalue weighted by molar-refractivity contribution is 0.0703. The number of likely N-dealkylation sites (N-methyl/N-ethyl adjacent to an activating group) is 1. The van der Waals surface area contributed by atoms with Gasteiger partial charge in [0.05, 0.1) is 0 Å². The van der Waals surface area contributed by atoms with Gasteiger partial charge in [0.25, 0.3) is 5.91 Å². The van der Waals surface area contributed by atoms with Crippen molar-refractivity contribution in [3.05, 3.63) is 34.3 Å². The number of hydrogen-bond acceptors (Lipinski definition) is 2. The van der Waals surface area contributed by atoms with Crippen molar-refractivity contribution in [2.24, 2.45) is 0 Å². The molecule has 1 atom stereocenters. The first-order valence-electron chi connectivity index (χ1n) is 6.42. The predicted molar refractivity (Wildman–Crippen MR) is 74.2 cm³/mol. The van der Waals surface area contributed by atoms with Crippen molar-refractivity contribution in [3.63, 3.8) is 0 Å². The molecule has 98 valence electrons. The van der Waals surface area contributed by atoms with E-state index in [1.54, 1.807) is 0 Å². The van der Waals surface area contributed by atoms with Crippen LogP contribution in [0.4, 0.5) is 0 Å². The van der Waals surface area contributed by atoms with E-state index >= 15 is 0 Å². The Morgan fingerprint density at radius 3 is 2.94 bits per heavy atom. The molecule has 0 saturated carbocycles. The molecule has 1 aliphatic heterocycles. The summed E-state index contributed by atoms with van der Waals surface area (Å²) in [5.74, 6) is 0.0891. The van der Waals surface area contributed by atoms with Crippen LogP contribution in [0.25, 0.3) is 0 Å². The fraction of sp³-hybridized carbons (Fsp3) is 0.500. The zero-order valence-corrected chi connectivity index (χ0v) is 11.6. The Hall–Kier alpha value is -1.06. The molecule has 1 unspecified atom stereocenters. The molecular formula is C14H19ClN2O. The third kappa shape index (κ3) is 2.52. The van der Waals surface area contributed by atoms with Gasteiger partial charge in [-0.1, -0.05) is 17.7 Å². The summed E-state index contributed by atoms with van der Waals surface area (Å²) in [6.07, 6.45) is 1.03. The van der Waals surface area contributed by atoms with Crippen molar-refractivity contribution in [2.45, 2.75) is 26.3 Å². The number of carbonyl (C=O) groups excluding carboxylic acids is 1. The minimum absolute atomic E-state index is 0.0891. The fourth-order valence-corrected chi connectivity index (χ4v) is 2.64. The quantitative estimate of drug-likeness (QED) is 0.912. The van der Waals surface area contributed by atoms with Gasteiger partial charge in [0.2, 0.25) is 0 Å². The molecule has 0 radical (unpaired) electrons. The van der Waals surface area contributed by atoms with Gasteiger partial charge in [-0.2, -0.15) is 0 Å². The number of benzene rings is 1. The molecule has 1 aromatic rings. The summed E-state index contributed by atoms with van der Waals surface area (Å²) in [6, 6.07) is 5.82. The average molecular weight is 267 g/mol. The van der Waals surface area contributed by atoms with Gasteiger partial charge in [0, 0.05) is 29.7 Å². The molecule has 1 aliphatic rings. The maximum atomic E-state index is 12.6. The third-order valence-electron chi connectivity index (χ3n) is 3.57. The number of carbonyl (C=O) groups is 1. The molecule has 0 spiro atoms. The number of nitrogens with zero attached hydrogens (tertiary/aromatic N) is 1. The summed E-state index contributed by atoms with van der Waals surface area (Å²) in [4.78, 5) is 14.5. The summed E-state index contributed by atoms with van der Waals surface area (Å²) in [6.45, 7) is 6.53. The summed E-state index contributed by atoms with van der Waals surface area (Å²) in [7, 11) is 0. The lowest BCUT2D eigenvalue weighted by Gasteiger charge is -2.28. The fourth-order valence-electron chi connectivity index (χ4n) is 2.47. The molecule has 0 aliphatic carbocycles. The Balaban J connectivity index is 2.25. The second-order valence-corrected chi connectivity index (χ2v) is 5.06. The number of hydrogen-bond donors (Lipinski definition) is 1. The average Bonchev–Trinajstić information content (AvgIpc) is 2.87. The van der Waals surface area contributed by atoms with Crippen LogP contribution in [0.1, 0.15) is 29.3 Å². The van der Waals surface area contributed by atoms with Gasteiger partial charge in [-0.3, -0.25) is 4.79 Å². The number of rotatable bonds is 3. The predicted octanol–water partition coefficient (Wildman–Crippen LogP) is 2.47. The summed E-state index contributed by atoms with van der Waals surface area (Å²) in [5, 5.41) is 3.95. The molecule has 1 heterocycles. The Kier molecular flexibility index (Phi) is 4.25.